The zero-order valence-corrected chi connectivity index (χ0v) is 17.3. The molecule has 0 radical (unpaired) electrons. The van der Waals surface area contributed by atoms with Crippen molar-refractivity contribution in [2.45, 2.75) is 38.9 Å². The van der Waals surface area contributed by atoms with E-state index in [9.17, 15) is 0 Å². The van der Waals surface area contributed by atoms with Crippen molar-refractivity contribution in [1.29, 1.82) is 0 Å². The molecule has 1 aromatic carbocycles. The predicted molar refractivity (Wildman–Crippen MR) is 111 cm³/mol. The van der Waals surface area contributed by atoms with Crippen LogP contribution >= 0.6 is 11.3 Å². The van der Waals surface area contributed by atoms with Gasteiger partial charge in [0.05, 0.1) is 20.3 Å². The Morgan fingerprint density at radius 1 is 1.15 bits per heavy atom. The third kappa shape index (κ3) is 4.21. The summed E-state index contributed by atoms with van der Waals surface area (Å²) in [4.78, 5) is 6.69. The molecule has 2 aliphatic rings. The molecule has 1 fully saturated rings. The Morgan fingerprint density at radius 3 is 2.78 bits per heavy atom. The maximum absolute atomic E-state index is 5.64. The van der Waals surface area contributed by atoms with Crippen molar-refractivity contribution in [3.8, 4) is 5.75 Å². The maximum atomic E-state index is 5.64. The Balaban J connectivity index is 1.51. The summed E-state index contributed by atoms with van der Waals surface area (Å²) in [6.07, 6.45) is 2.35. The lowest BCUT2D eigenvalue weighted by Gasteiger charge is -2.35. The van der Waals surface area contributed by atoms with Crippen LogP contribution in [0.1, 0.15) is 41.0 Å². The summed E-state index contributed by atoms with van der Waals surface area (Å²) < 4.78 is 11.1. The molecule has 3 heterocycles. The molecule has 0 N–H and O–H groups in total. The zero-order valence-electron chi connectivity index (χ0n) is 16.4. The molecule has 1 unspecified atom stereocenters. The van der Waals surface area contributed by atoms with E-state index >= 15 is 0 Å². The normalized spacial score (nSPS) is 21.2. The topological polar surface area (TPSA) is 24.9 Å². The van der Waals surface area contributed by atoms with E-state index in [0.717, 1.165) is 51.7 Å². The summed E-state index contributed by atoms with van der Waals surface area (Å²) in [5, 5.41) is 2.25. The minimum absolute atomic E-state index is 0.546. The van der Waals surface area contributed by atoms with Gasteiger partial charge in [-0.05, 0) is 47.5 Å². The molecule has 0 aliphatic carbocycles. The summed E-state index contributed by atoms with van der Waals surface area (Å²) >= 11 is 1.92. The number of hydrogen-bond acceptors (Lipinski definition) is 5. The quantitative estimate of drug-likeness (QED) is 0.746. The van der Waals surface area contributed by atoms with E-state index in [-0.39, 0.29) is 0 Å². The van der Waals surface area contributed by atoms with Crippen molar-refractivity contribution in [3.05, 3.63) is 51.2 Å². The van der Waals surface area contributed by atoms with Crippen LogP contribution in [0.5, 0.6) is 5.75 Å². The van der Waals surface area contributed by atoms with Crippen molar-refractivity contribution in [3.63, 3.8) is 0 Å². The molecule has 0 bridgehead atoms. The van der Waals surface area contributed by atoms with E-state index in [2.05, 4.69) is 46.4 Å². The van der Waals surface area contributed by atoms with E-state index in [1.54, 1.807) is 17.6 Å². The number of methoxy groups -OCH3 is 1. The molecule has 146 valence electrons. The fraction of sp³-hybridized carbons (Fsp3) is 0.545. The van der Waals surface area contributed by atoms with Gasteiger partial charge in [-0.1, -0.05) is 13.0 Å². The molecule has 1 saturated heterocycles. The predicted octanol–water partition coefficient (Wildman–Crippen LogP) is 4.10. The van der Waals surface area contributed by atoms with Crippen molar-refractivity contribution in [1.82, 2.24) is 9.80 Å². The summed E-state index contributed by atoms with van der Waals surface area (Å²) in [6.45, 7) is 9.06. The summed E-state index contributed by atoms with van der Waals surface area (Å²) in [5.41, 5.74) is 4.23. The Bertz CT molecular complexity index is 755. The molecule has 2 aromatic rings. The molecule has 4 rings (SSSR count). The van der Waals surface area contributed by atoms with Crippen molar-refractivity contribution < 1.29 is 9.47 Å². The van der Waals surface area contributed by atoms with Crippen LogP contribution in [0.25, 0.3) is 0 Å². The smallest absolute Gasteiger partial charge is 0.123 e. The molecule has 2 aliphatic heterocycles. The highest BCUT2D eigenvalue weighted by Crippen LogP contribution is 2.36. The van der Waals surface area contributed by atoms with E-state index in [4.69, 9.17) is 9.47 Å². The van der Waals surface area contributed by atoms with Crippen LogP contribution in [-0.4, -0.2) is 49.8 Å². The lowest BCUT2D eigenvalue weighted by Crippen LogP contribution is -2.36. The van der Waals surface area contributed by atoms with Crippen molar-refractivity contribution in [2.75, 3.05) is 40.0 Å². The lowest BCUT2D eigenvalue weighted by molar-refractivity contribution is 0.0338. The van der Waals surface area contributed by atoms with Crippen LogP contribution in [-0.2, 0) is 24.2 Å². The maximum Gasteiger partial charge on any atom is 0.123 e. The molecule has 1 atom stereocenters. The molecular weight excluding hydrogens is 356 g/mol. The molecule has 0 amide bonds. The van der Waals surface area contributed by atoms with Gasteiger partial charge in [-0.2, -0.15) is 0 Å². The van der Waals surface area contributed by atoms with Gasteiger partial charge >= 0.3 is 0 Å². The van der Waals surface area contributed by atoms with Gasteiger partial charge in [0, 0.05) is 49.2 Å². The molecule has 0 spiro atoms. The Labute approximate surface area is 166 Å². The first-order valence-corrected chi connectivity index (χ1v) is 10.9. The largest absolute Gasteiger partial charge is 0.496 e. The molecule has 27 heavy (non-hydrogen) atoms. The Morgan fingerprint density at radius 2 is 2.00 bits per heavy atom. The number of thiophene rings is 1. The summed E-state index contributed by atoms with van der Waals surface area (Å²) in [6, 6.07) is 9.61. The zero-order chi connectivity index (χ0) is 18.6. The second-order valence-electron chi connectivity index (χ2n) is 7.48. The molecule has 0 saturated carbocycles. The second-order valence-corrected chi connectivity index (χ2v) is 8.48. The highest BCUT2D eigenvalue weighted by molar-refractivity contribution is 7.10. The standard InChI is InChI=1S/C22H30N2O2S/c1-3-20-19-7-13-27-22(19)6-8-24(20)15-17-4-5-21(25-2)18(14-17)16-23-9-11-26-12-10-23/h4-5,7,13-14,20H,3,6,8-12,15-16H2,1-2H3. The monoisotopic (exact) mass is 386 g/mol. The van der Waals surface area contributed by atoms with E-state index < -0.39 is 0 Å². The number of ether oxygens (including phenoxy) is 2. The van der Waals surface area contributed by atoms with Gasteiger partial charge in [-0.15, -0.1) is 11.3 Å². The average molecular weight is 387 g/mol. The Hall–Kier alpha value is -1.40. The number of benzene rings is 1. The van der Waals surface area contributed by atoms with Gasteiger partial charge in [0.25, 0.3) is 0 Å². The van der Waals surface area contributed by atoms with Crippen LogP contribution in [0, 0.1) is 0 Å². The second kappa shape index (κ2) is 8.74. The first-order valence-electron chi connectivity index (χ1n) is 10.0. The van der Waals surface area contributed by atoms with Crippen molar-refractivity contribution >= 4 is 11.3 Å². The molecule has 5 heteroatoms. The van der Waals surface area contributed by atoms with E-state index in [1.807, 2.05) is 11.3 Å². The van der Waals surface area contributed by atoms with Gasteiger partial charge in [0.1, 0.15) is 5.75 Å². The van der Waals surface area contributed by atoms with Gasteiger partial charge in [-0.3, -0.25) is 9.80 Å². The SMILES string of the molecule is CCC1c2ccsc2CCN1Cc1ccc(OC)c(CN2CCOCC2)c1. The van der Waals surface area contributed by atoms with E-state index in [0.29, 0.717) is 6.04 Å². The number of nitrogens with zero attached hydrogens (tertiary/aromatic N) is 2. The number of rotatable bonds is 6. The lowest BCUT2D eigenvalue weighted by atomic mass is 9.97. The van der Waals surface area contributed by atoms with Crippen LogP contribution in [0.4, 0.5) is 0 Å². The summed E-state index contributed by atoms with van der Waals surface area (Å²) in [5.74, 6) is 0.996. The minimum atomic E-state index is 0.546. The van der Waals surface area contributed by atoms with Crippen LogP contribution in [0.2, 0.25) is 0 Å². The highest BCUT2D eigenvalue weighted by Gasteiger charge is 2.27. The Kier molecular flexibility index (Phi) is 6.13. The molecule has 4 nitrogen and oxygen atoms in total. The fourth-order valence-corrected chi connectivity index (χ4v) is 5.33. The fourth-order valence-electron chi connectivity index (χ4n) is 4.40. The number of hydrogen-bond donors (Lipinski definition) is 0. The number of fused-ring (bicyclic) bond motifs is 1. The van der Waals surface area contributed by atoms with Gasteiger partial charge in [0.15, 0.2) is 0 Å². The minimum Gasteiger partial charge on any atom is -0.496 e. The van der Waals surface area contributed by atoms with Crippen LogP contribution < -0.4 is 4.74 Å². The third-order valence-electron chi connectivity index (χ3n) is 5.82. The first-order chi connectivity index (χ1) is 13.3. The number of morpholine rings is 1. The van der Waals surface area contributed by atoms with Gasteiger partial charge in [-0.25, -0.2) is 0 Å². The van der Waals surface area contributed by atoms with Crippen LogP contribution in [0.15, 0.2) is 29.6 Å². The first kappa shape index (κ1) is 18.9. The summed E-state index contributed by atoms with van der Waals surface area (Å²) in [7, 11) is 1.77. The van der Waals surface area contributed by atoms with Crippen molar-refractivity contribution in [2.24, 2.45) is 0 Å². The van der Waals surface area contributed by atoms with E-state index in [1.165, 1.54) is 24.0 Å². The van der Waals surface area contributed by atoms with Gasteiger partial charge < -0.3 is 9.47 Å². The third-order valence-corrected chi connectivity index (χ3v) is 6.82. The average Bonchev–Trinajstić information content (AvgIpc) is 3.18. The van der Waals surface area contributed by atoms with Crippen LogP contribution in [0.3, 0.4) is 0 Å². The van der Waals surface area contributed by atoms with Gasteiger partial charge in [0.2, 0.25) is 0 Å². The molecular formula is C22H30N2O2S. The highest BCUT2D eigenvalue weighted by atomic mass is 32.1. The molecule has 1 aromatic heterocycles.